The van der Waals surface area contributed by atoms with Gasteiger partial charge in [-0.15, -0.1) is 0 Å². The Hall–Kier alpha value is -1.76. The minimum absolute atomic E-state index is 0. The van der Waals surface area contributed by atoms with Crippen molar-refractivity contribution in [3.05, 3.63) is 46.4 Å². The number of hydrogen-bond donors (Lipinski definition) is 0. The quantitative estimate of drug-likeness (QED) is 0.509. The van der Waals surface area contributed by atoms with Crippen LogP contribution in [0.3, 0.4) is 0 Å². The minimum Gasteiger partial charge on any atom is -0.676 e. The van der Waals surface area contributed by atoms with Gasteiger partial charge in [-0.25, -0.2) is 0 Å². The molecule has 1 aromatic rings. The first-order valence-electron chi connectivity index (χ1n) is 6.43. The Kier molecular flexibility index (Phi) is 8.67. The summed E-state index contributed by atoms with van der Waals surface area (Å²) in [7, 11) is 0. The average Bonchev–Trinajstić information content (AvgIpc) is 2.82. The van der Waals surface area contributed by atoms with Gasteiger partial charge in [0, 0.05) is 0 Å². The second-order valence-corrected chi connectivity index (χ2v) is 4.81. The van der Waals surface area contributed by atoms with Crippen LogP contribution in [-0.4, -0.2) is 30.0 Å². The van der Waals surface area contributed by atoms with Crippen LogP contribution in [0.4, 0.5) is 0 Å². The Morgan fingerprint density at radius 2 is 1.09 bits per heavy atom. The molecule has 2 unspecified atom stereocenters. The molecule has 2 atom stereocenters. The first-order chi connectivity index (χ1) is 10.2. The van der Waals surface area contributed by atoms with Gasteiger partial charge in [0.2, 0.25) is 0 Å². The number of aromatic carboxylic acids is 3. The molecule has 0 aromatic heterocycles. The molecule has 126 valence electrons. The summed E-state index contributed by atoms with van der Waals surface area (Å²) in [6, 6.07) is 2.10. The Balaban J connectivity index is 0. The summed E-state index contributed by atoms with van der Waals surface area (Å²) in [5.41, 5.74) is 12.6. The van der Waals surface area contributed by atoms with E-state index in [-0.39, 0.29) is 34.6 Å². The van der Waals surface area contributed by atoms with E-state index in [9.17, 15) is 29.7 Å². The summed E-state index contributed by atoms with van der Waals surface area (Å²) in [5, 5.41) is 31.2. The van der Waals surface area contributed by atoms with Crippen molar-refractivity contribution in [2.24, 2.45) is 0 Å². The molecule has 1 saturated carbocycles. The Morgan fingerprint density at radius 3 is 1.22 bits per heavy atom. The van der Waals surface area contributed by atoms with Crippen molar-refractivity contribution in [2.45, 2.75) is 31.3 Å². The summed E-state index contributed by atoms with van der Waals surface area (Å²) in [6.45, 7) is 0. The monoisotopic (exact) mass is 501 g/mol. The van der Waals surface area contributed by atoms with Crippen molar-refractivity contribution in [1.29, 1.82) is 0 Å². The van der Waals surface area contributed by atoms with Crippen LogP contribution in [0.15, 0.2) is 18.2 Å². The predicted molar refractivity (Wildman–Crippen MR) is 70.6 cm³/mol. The second kappa shape index (κ2) is 9.39. The van der Waals surface area contributed by atoms with Gasteiger partial charge in [0.15, 0.2) is 0 Å². The molecular formula is C14H14N2O6Pt. The van der Waals surface area contributed by atoms with Gasteiger partial charge >= 0.3 is 22.5 Å². The van der Waals surface area contributed by atoms with Crippen molar-refractivity contribution in [1.82, 2.24) is 0 Å². The van der Waals surface area contributed by atoms with Gasteiger partial charge in [-0.3, -0.25) is 0 Å². The maximum absolute atomic E-state index is 10.4. The smallest absolute Gasteiger partial charge is 0.676 e. The maximum atomic E-state index is 10.4. The molecular weight excluding hydrogens is 487 g/mol. The molecule has 0 aliphatic heterocycles. The summed E-state index contributed by atoms with van der Waals surface area (Å²) in [6.07, 6.45) is 3.00. The van der Waals surface area contributed by atoms with Crippen LogP contribution >= 0.6 is 0 Å². The first-order valence-corrected chi connectivity index (χ1v) is 6.43. The van der Waals surface area contributed by atoms with Gasteiger partial charge in [-0.1, -0.05) is 19.3 Å². The van der Waals surface area contributed by atoms with E-state index in [0.717, 1.165) is 37.5 Å². The molecule has 0 saturated heterocycles. The Bertz CT molecular complexity index is 512. The normalized spacial score (nSPS) is 19.0. The third kappa shape index (κ3) is 6.48. The molecule has 9 heteroatoms. The van der Waals surface area contributed by atoms with Gasteiger partial charge in [0.05, 0.1) is 17.9 Å². The molecule has 1 aliphatic rings. The van der Waals surface area contributed by atoms with E-state index in [4.69, 9.17) is 11.5 Å². The summed E-state index contributed by atoms with van der Waals surface area (Å²) >= 11 is 0. The van der Waals surface area contributed by atoms with E-state index >= 15 is 0 Å². The number of carbonyl (C=O) groups excluding carboxylic acids is 3. The van der Waals surface area contributed by atoms with Crippen LogP contribution < -0.4 is 15.3 Å². The summed E-state index contributed by atoms with van der Waals surface area (Å²) in [5.74, 6) is -5.04. The number of carbonyl (C=O) groups is 3. The molecule has 0 bridgehead atoms. The number of hydrogen-bond acceptors (Lipinski definition) is 6. The molecule has 0 radical (unpaired) electrons. The number of carboxylic acid groups (broad SMARTS) is 3. The first kappa shape index (κ1) is 21.2. The van der Waals surface area contributed by atoms with E-state index in [1.165, 1.54) is 0 Å². The second-order valence-electron chi connectivity index (χ2n) is 4.81. The largest absolute Gasteiger partial charge is 4.00 e. The molecule has 8 nitrogen and oxygen atoms in total. The van der Waals surface area contributed by atoms with E-state index < -0.39 is 34.6 Å². The van der Waals surface area contributed by atoms with Crippen molar-refractivity contribution in [3.8, 4) is 0 Å². The topological polar surface area (TPSA) is 168 Å². The zero-order chi connectivity index (χ0) is 16.9. The van der Waals surface area contributed by atoms with Crippen LogP contribution in [0.2, 0.25) is 0 Å². The average molecular weight is 501 g/mol. The summed E-state index contributed by atoms with van der Waals surface area (Å²) in [4.78, 5) is 31.2. The Morgan fingerprint density at radius 1 is 0.826 bits per heavy atom. The van der Waals surface area contributed by atoms with E-state index in [1.54, 1.807) is 0 Å². The minimum atomic E-state index is -1.68. The van der Waals surface area contributed by atoms with Crippen LogP contribution in [0.5, 0.6) is 0 Å². The molecule has 0 amide bonds. The molecule has 2 N–H and O–H groups in total. The van der Waals surface area contributed by atoms with Crippen molar-refractivity contribution >= 4 is 17.9 Å². The fourth-order valence-electron chi connectivity index (χ4n) is 1.94. The fourth-order valence-corrected chi connectivity index (χ4v) is 1.94. The van der Waals surface area contributed by atoms with Crippen molar-refractivity contribution in [3.63, 3.8) is 0 Å². The number of nitrogens with one attached hydrogen (secondary N) is 2. The van der Waals surface area contributed by atoms with Gasteiger partial charge in [0.1, 0.15) is 0 Å². The molecule has 23 heavy (non-hydrogen) atoms. The van der Waals surface area contributed by atoms with Crippen molar-refractivity contribution < 1.29 is 52.2 Å². The third-order valence-electron chi connectivity index (χ3n) is 3.16. The molecule has 1 aliphatic carbocycles. The number of carboxylic acids is 3. The third-order valence-corrected chi connectivity index (χ3v) is 3.16. The zero-order valence-electron chi connectivity index (χ0n) is 12.8. The van der Waals surface area contributed by atoms with E-state index in [2.05, 4.69) is 0 Å². The standard InChI is InChI=1S/C9H6O6.C5H10N2.Pt/c10-7(11)4-1-5(8(12)13)3-6(2-4)9(14)15;6-4-2-1-3-5(4)7;/h1-3H,(H,10,11)(H,12,13)(H,14,15);4-7H,1-3H2;/q;-2;+4/p-2. The molecule has 0 spiro atoms. The van der Waals surface area contributed by atoms with Gasteiger partial charge in [-0.05, 0) is 34.9 Å². The maximum Gasteiger partial charge on any atom is 4.00 e. The van der Waals surface area contributed by atoms with Gasteiger partial charge < -0.3 is 41.2 Å². The number of rotatable bonds is 3. The fraction of sp³-hybridized carbons (Fsp3) is 0.357. The Labute approximate surface area is 148 Å². The molecule has 1 aromatic carbocycles. The zero-order valence-corrected chi connectivity index (χ0v) is 14.0. The predicted octanol–water partition coefficient (Wildman–Crippen LogP) is -1.10. The van der Waals surface area contributed by atoms with Crippen LogP contribution in [0, 0.1) is 0 Å². The van der Waals surface area contributed by atoms with Gasteiger partial charge in [-0.2, -0.15) is 12.1 Å². The molecule has 1 fully saturated rings. The summed E-state index contributed by atoms with van der Waals surface area (Å²) < 4.78 is 0. The SMILES string of the molecule is O=C([O-])c1cc(C(=O)[O-])cc(C(=O)[O-])c1.[H+].[NH-]C1CCCC1[NH-].[Pt+4]. The molecule has 2 rings (SSSR count). The van der Waals surface area contributed by atoms with E-state index in [0.29, 0.717) is 0 Å². The number of benzene rings is 1. The van der Waals surface area contributed by atoms with E-state index in [1.807, 2.05) is 0 Å². The molecule has 0 heterocycles. The van der Waals surface area contributed by atoms with Crippen LogP contribution in [-0.2, 0) is 21.1 Å². The van der Waals surface area contributed by atoms with Gasteiger partial charge in [0.25, 0.3) is 0 Å². The van der Waals surface area contributed by atoms with Crippen LogP contribution in [0.25, 0.3) is 11.5 Å². The van der Waals surface area contributed by atoms with Crippen molar-refractivity contribution in [2.75, 3.05) is 0 Å². The van der Waals surface area contributed by atoms with Crippen LogP contribution in [0.1, 0.15) is 51.8 Å².